The Balaban J connectivity index is 1.37. The summed E-state index contributed by atoms with van der Waals surface area (Å²) in [4.78, 5) is 34.7. The molecule has 1 aromatic heterocycles. The van der Waals surface area contributed by atoms with Crippen molar-refractivity contribution in [2.75, 3.05) is 0 Å². The maximum Gasteiger partial charge on any atom is 0.166 e. The Kier molecular flexibility index (Phi) is 6.95. The third kappa shape index (κ3) is 5.35. The Labute approximate surface area is 185 Å². The molecule has 2 aliphatic rings. The Bertz CT molecular complexity index is 1000. The number of allylic oxidation sites excluding steroid dienone is 1. The van der Waals surface area contributed by atoms with Gasteiger partial charge in [-0.25, -0.2) is 4.98 Å². The summed E-state index contributed by atoms with van der Waals surface area (Å²) in [6, 6.07) is 5.91. The van der Waals surface area contributed by atoms with Gasteiger partial charge >= 0.3 is 0 Å². The van der Waals surface area contributed by atoms with Gasteiger partial charge in [-0.15, -0.1) is 23.1 Å². The fourth-order valence-electron chi connectivity index (χ4n) is 4.02. The molecule has 0 radical (unpaired) electrons. The number of nitrogens with zero attached hydrogens (tertiary/aromatic N) is 2. The number of carbonyl (C=O) groups is 2. The van der Waals surface area contributed by atoms with Gasteiger partial charge in [0.1, 0.15) is 10.8 Å². The summed E-state index contributed by atoms with van der Waals surface area (Å²) in [5.41, 5.74) is 3.67. The molecule has 0 unspecified atom stereocenters. The number of aryl methyl sites for hydroxylation is 1. The predicted molar refractivity (Wildman–Crippen MR) is 124 cm³/mol. The van der Waals surface area contributed by atoms with Gasteiger partial charge in [0.2, 0.25) is 0 Å². The number of carbonyl (C=O) groups excluding carboxylic acids is 2. The lowest BCUT2D eigenvalue weighted by atomic mass is 9.90. The smallest absolute Gasteiger partial charge is 0.166 e. The Morgan fingerprint density at radius 3 is 2.80 bits per heavy atom. The normalized spacial score (nSPS) is 16.2. The fraction of sp³-hybridized carbons (Fsp3) is 0.417. The van der Waals surface area contributed by atoms with E-state index in [-0.39, 0.29) is 17.5 Å². The van der Waals surface area contributed by atoms with Gasteiger partial charge in [0.25, 0.3) is 0 Å². The van der Waals surface area contributed by atoms with Crippen LogP contribution in [0, 0.1) is 12.8 Å². The van der Waals surface area contributed by atoms with E-state index in [1.807, 2.05) is 42.8 Å². The second-order valence-electron chi connectivity index (χ2n) is 8.03. The molecule has 1 aromatic carbocycles. The molecule has 0 saturated heterocycles. The highest BCUT2D eigenvalue weighted by atomic mass is 32.2. The minimum Gasteiger partial charge on any atom is -0.299 e. The van der Waals surface area contributed by atoms with E-state index in [2.05, 4.69) is 9.98 Å². The van der Waals surface area contributed by atoms with Crippen molar-refractivity contribution >= 4 is 39.7 Å². The van der Waals surface area contributed by atoms with Gasteiger partial charge in [0, 0.05) is 41.7 Å². The zero-order valence-corrected chi connectivity index (χ0v) is 18.9. The van der Waals surface area contributed by atoms with Crippen LogP contribution in [-0.4, -0.2) is 21.6 Å². The van der Waals surface area contributed by atoms with E-state index in [1.165, 1.54) is 11.3 Å². The van der Waals surface area contributed by atoms with Crippen LogP contribution < -0.4 is 0 Å². The first-order chi connectivity index (χ1) is 14.6. The largest absolute Gasteiger partial charge is 0.299 e. The summed E-state index contributed by atoms with van der Waals surface area (Å²) < 4.78 is 0. The molecule has 1 saturated carbocycles. The van der Waals surface area contributed by atoms with Gasteiger partial charge in [-0.3, -0.25) is 14.6 Å². The molecule has 0 amide bonds. The number of aromatic nitrogens is 1. The van der Waals surface area contributed by atoms with Crippen molar-refractivity contribution in [1.82, 2.24) is 4.98 Å². The molecule has 0 spiro atoms. The van der Waals surface area contributed by atoms with Crippen LogP contribution >= 0.6 is 23.1 Å². The lowest BCUT2D eigenvalue weighted by Crippen LogP contribution is -2.16. The number of Topliss-reactive ketones (excluding diaryl/α,β-unsaturated/α-hetero) is 2. The monoisotopic (exact) mass is 438 g/mol. The zero-order chi connectivity index (χ0) is 20.9. The van der Waals surface area contributed by atoms with Crippen LogP contribution in [0.4, 0.5) is 0 Å². The molecule has 4 rings (SSSR count). The van der Waals surface area contributed by atoms with Gasteiger partial charge < -0.3 is 0 Å². The number of hydrogen-bond acceptors (Lipinski definition) is 6. The number of hydrogen-bond donors (Lipinski definition) is 0. The van der Waals surface area contributed by atoms with E-state index in [9.17, 15) is 9.59 Å². The molecule has 30 heavy (non-hydrogen) atoms. The Morgan fingerprint density at radius 2 is 2.03 bits per heavy atom. The Hall–Kier alpha value is -2.05. The lowest BCUT2D eigenvalue weighted by molar-refractivity contribution is -0.117. The molecule has 0 bridgehead atoms. The minimum absolute atomic E-state index is 0.109. The van der Waals surface area contributed by atoms with Gasteiger partial charge in [-0.2, -0.15) is 0 Å². The van der Waals surface area contributed by atoms with E-state index >= 15 is 0 Å². The number of ketones is 2. The third-order valence-corrected chi connectivity index (χ3v) is 7.54. The second-order valence-corrected chi connectivity index (χ2v) is 10.0. The van der Waals surface area contributed by atoms with E-state index < -0.39 is 0 Å². The molecule has 0 N–H and O–H groups in total. The topological polar surface area (TPSA) is 59.4 Å². The Morgan fingerprint density at radius 1 is 1.20 bits per heavy atom. The average Bonchev–Trinajstić information content (AvgIpc) is 3.50. The van der Waals surface area contributed by atoms with Gasteiger partial charge in [-0.1, -0.05) is 36.6 Å². The van der Waals surface area contributed by atoms with Crippen molar-refractivity contribution in [3.63, 3.8) is 0 Å². The standard InChI is InChI=1S/C24H26N2O2S2/c1-16-8-9-18(21(11-16)24(28)17-5-2-3-6-17)12-20(27)13-23-26-19(15-30-23)14-29-22-7-4-10-25-22/h4,8-11,15,17H,2-3,5-7,12-14H2,1H3. The third-order valence-electron chi connectivity index (χ3n) is 5.60. The summed E-state index contributed by atoms with van der Waals surface area (Å²) in [6.07, 6.45) is 9.61. The quantitative estimate of drug-likeness (QED) is 0.494. The maximum atomic E-state index is 13.0. The van der Waals surface area contributed by atoms with E-state index in [4.69, 9.17) is 0 Å². The molecule has 2 heterocycles. The zero-order valence-electron chi connectivity index (χ0n) is 17.2. The van der Waals surface area contributed by atoms with Crippen molar-refractivity contribution in [3.8, 4) is 0 Å². The van der Waals surface area contributed by atoms with E-state index in [0.29, 0.717) is 12.8 Å². The number of benzene rings is 1. The van der Waals surface area contributed by atoms with Gasteiger partial charge in [0.15, 0.2) is 5.78 Å². The molecule has 156 valence electrons. The summed E-state index contributed by atoms with van der Waals surface area (Å²) in [5.74, 6) is 1.23. The maximum absolute atomic E-state index is 13.0. The molecule has 2 aromatic rings. The number of thiazole rings is 1. The molecule has 1 aliphatic heterocycles. The van der Waals surface area contributed by atoms with Crippen LogP contribution in [0.2, 0.25) is 0 Å². The van der Waals surface area contributed by atoms with Gasteiger partial charge in [0.05, 0.1) is 17.2 Å². The molecular weight excluding hydrogens is 412 g/mol. The molecule has 6 heteroatoms. The summed E-state index contributed by atoms with van der Waals surface area (Å²) >= 11 is 3.24. The van der Waals surface area contributed by atoms with Crippen LogP contribution in [0.25, 0.3) is 0 Å². The second kappa shape index (κ2) is 9.84. The van der Waals surface area contributed by atoms with Crippen LogP contribution in [0.3, 0.4) is 0 Å². The van der Waals surface area contributed by atoms with Crippen LogP contribution in [-0.2, 0) is 23.4 Å². The van der Waals surface area contributed by atoms with Crippen LogP contribution in [0.15, 0.2) is 40.8 Å². The first kappa shape index (κ1) is 21.2. The lowest BCUT2D eigenvalue weighted by Gasteiger charge is -2.13. The average molecular weight is 439 g/mol. The summed E-state index contributed by atoms with van der Waals surface area (Å²) in [6.45, 7) is 2.00. The summed E-state index contributed by atoms with van der Waals surface area (Å²) in [7, 11) is 0. The first-order valence-electron chi connectivity index (χ1n) is 10.5. The molecule has 1 aliphatic carbocycles. The van der Waals surface area contributed by atoms with E-state index in [1.54, 1.807) is 11.8 Å². The van der Waals surface area contributed by atoms with E-state index in [0.717, 1.165) is 70.3 Å². The van der Waals surface area contributed by atoms with Gasteiger partial charge in [-0.05, 0) is 31.4 Å². The van der Waals surface area contributed by atoms with Crippen molar-refractivity contribution in [1.29, 1.82) is 0 Å². The first-order valence-corrected chi connectivity index (χ1v) is 12.4. The molecular formula is C24H26N2O2S2. The molecule has 0 atom stereocenters. The highest BCUT2D eigenvalue weighted by molar-refractivity contribution is 8.13. The van der Waals surface area contributed by atoms with Crippen molar-refractivity contribution in [2.24, 2.45) is 10.9 Å². The van der Waals surface area contributed by atoms with Crippen molar-refractivity contribution in [3.05, 3.63) is 63.2 Å². The van der Waals surface area contributed by atoms with Crippen LogP contribution in [0.5, 0.6) is 0 Å². The highest BCUT2D eigenvalue weighted by Crippen LogP contribution is 2.30. The minimum atomic E-state index is 0.109. The molecule has 1 fully saturated rings. The van der Waals surface area contributed by atoms with Crippen LogP contribution in [0.1, 0.15) is 64.3 Å². The predicted octanol–water partition coefficient (Wildman–Crippen LogP) is 5.73. The molecule has 4 nitrogen and oxygen atoms in total. The SMILES string of the molecule is Cc1ccc(CC(=O)Cc2nc(CSC3=NC=CC3)cs2)c(C(=O)C2CCCC2)c1. The number of rotatable bonds is 8. The summed E-state index contributed by atoms with van der Waals surface area (Å²) in [5, 5.41) is 3.98. The van der Waals surface area contributed by atoms with Crippen molar-refractivity contribution in [2.45, 2.75) is 57.6 Å². The highest BCUT2D eigenvalue weighted by Gasteiger charge is 2.26. The number of aliphatic imine (C=N–C) groups is 1. The number of thioether (sulfide) groups is 1. The fourth-order valence-corrected chi connectivity index (χ4v) is 5.76. The van der Waals surface area contributed by atoms with Crippen molar-refractivity contribution < 1.29 is 9.59 Å².